The van der Waals surface area contributed by atoms with Crippen molar-refractivity contribution in [1.29, 1.82) is 0 Å². The summed E-state index contributed by atoms with van der Waals surface area (Å²) in [4.78, 5) is 0. The van der Waals surface area contributed by atoms with Crippen molar-refractivity contribution in [3.63, 3.8) is 0 Å². The largest absolute Gasteiger partial charge is 0.309 e. The van der Waals surface area contributed by atoms with Gasteiger partial charge in [0.25, 0.3) is 0 Å². The zero-order chi connectivity index (χ0) is 50.2. The molecular formula is C72H50N2Si2. The first-order valence-electron chi connectivity index (χ1n) is 26.4. The van der Waals surface area contributed by atoms with Crippen molar-refractivity contribution < 1.29 is 0 Å². The van der Waals surface area contributed by atoms with E-state index in [0.717, 1.165) is 5.69 Å². The van der Waals surface area contributed by atoms with Crippen molar-refractivity contribution >= 4 is 101 Å². The van der Waals surface area contributed by atoms with E-state index in [1.165, 1.54) is 113 Å². The Balaban J connectivity index is 0.895. The van der Waals surface area contributed by atoms with Gasteiger partial charge in [0.2, 0.25) is 0 Å². The Morgan fingerprint density at radius 2 is 0.737 bits per heavy atom. The summed E-state index contributed by atoms with van der Waals surface area (Å²) in [7, 11) is -5.36. The fraction of sp³-hybridized carbons (Fsp3) is 0. The van der Waals surface area contributed by atoms with E-state index in [2.05, 4.69) is 312 Å². The van der Waals surface area contributed by atoms with E-state index < -0.39 is 16.1 Å². The Bertz CT molecular complexity index is 4350. The van der Waals surface area contributed by atoms with Crippen LogP contribution < -0.4 is 41.5 Å². The van der Waals surface area contributed by atoms with Gasteiger partial charge in [-0.1, -0.05) is 255 Å². The molecule has 0 N–H and O–H groups in total. The second-order valence-corrected chi connectivity index (χ2v) is 27.8. The average Bonchev–Trinajstić information content (AvgIpc) is 4.17. The number of aromatic nitrogens is 2. The maximum absolute atomic E-state index is 2.70. The number of benzene rings is 12. The molecule has 0 saturated carbocycles. The molecule has 0 fully saturated rings. The minimum absolute atomic E-state index is 1.14. The molecule has 0 amide bonds. The van der Waals surface area contributed by atoms with Crippen LogP contribution in [0.5, 0.6) is 0 Å². The minimum Gasteiger partial charge on any atom is -0.309 e. The number of rotatable bonds is 9. The molecule has 14 aromatic rings. The molecule has 0 bridgehead atoms. The summed E-state index contributed by atoms with van der Waals surface area (Å²) in [6.45, 7) is 0. The van der Waals surface area contributed by atoms with Crippen LogP contribution in [0.1, 0.15) is 0 Å². The number of para-hydroxylation sites is 2. The zero-order valence-electron chi connectivity index (χ0n) is 41.8. The molecule has 76 heavy (non-hydrogen) atoms. The Hall–Kier alpha value is -9.33. The van der Waals surface area contributed by atoms with Gasteiger partial charge in [0.1, 0.15) is 0 Å². The fourth-order valence-electron chi connectivity index (χ4n) is 13.4. The topological polar surface area (TPSA) is 9.86 Å². The number of fused-ring (bicyclic) bond motifs is 9. The van der Waals surface area contributed by atoms with Gasteiger partial charge in [0.05, 0.1) is 27.8 Å². The monoisotopic (exact) mass is 998 g/mol. The molecule has 1 aliphatic heterocycles. The SMILES string of the molecule is c1ccc([Si](c2ccccc2)(c2ccccc2)c2ccc(-n3c4ccccc4c4c(-n5c6ccccc6c6cc(-c7ccc8c(c7)[Si](c7ccccc7)(c7ccccc7)c7ccccc7-8)ccc65)cccc43)cc2)cc1. The van der Waals surface area contributed by atoms with Gasteiger partial charge in [0, 0.05) is 27.2 Å². The molecule has 15 rings (SSSR count). The van der Waals surface area contributed by atoms with E-state index >= 15 is 0 Å². The van der Waals surface area contributed by atoms with Gasteiger partial charge >= 0.3 is 0 Å². The van der Waals surface area contributed by atoms with Crippen molar-refractivity contribution in [2.45, 2.75) is 0 Å². The molecule has 2 nitrogen and oxygen atoms in total. The van der Waals surface area contributed by atoms with Crippen molar-refractivity contribution in [1.82, 2.24) is 9.13 Å². The lowest BCUT2D eigenvalue weighted by molar-refractivity contribution is 1.17. The van der Waals surface area contributed by atoms with Crippen molar-refractivity contribution in [2.24, 2.45) is 0 Å². The van der Waals surface area contributed by atoms with Crippen LogP contribution >= 0.6 is 0 Å². The molecule has 356 valence electrons. The second kappa shape index (κ2) is 17.7. The molecule has 3 heterocycles. The highest BCUT2D eigenvalue weighted by Crippen LogP contribution is 2.41. The van der Waals surface area contributed by atoms with Gasteiger partial charge in [-0.05, 0) is 112 Å². The minimum atomic E-state index is -2.70. The van der Waals surface area contributed by atoms with Crippen LogP contribution in [0.2, 0.25) is 0 Å². The Kier molecular flexibility index (Phi) is 10.3. The van der Waals surface area contributed by atoms with Crippen LogP contribution in [0.3, 0.4) is 0 Å². The number of hydrogen-bond acceptors (Lipinski definition) is 0. The first kappa shape index (κ1) is 44.2. The van der Waals surface area contributed by atoms with Crippen LogP contribution in [-0.4, -0.2) is 25.3 Å². The van der Waals surface area contributed by atoms with E-state index in [1.807, 2.05) is 0 Å². The van der Waals surface area contributed by atoms with E-state index in [0.29, 0.717) is 0 Å². The second-order valence-electron chi connectivity index (χ2n) is 20.3. The summed E-state index contributed by atoms with van der Waals surface area (Å²) in [5.74, 6) is 0. The van der Waals surface area contributed by atoms with Crippen molar-refractivity contribution in [3.8, 4) is 33.6 Å². The molecule has 12 aromatic carbocycles. The van der Waals surface area contributed by atoms with Gasteiger partial charge in [-0.2, -0.15) is 0 Å². The number of hydrogen-bond donors (Lipinski definition) is 0. The Morgan fingerprint density at radius 3 is 1.37 bits per heavy atom. The Morgan fingerprint density at radius 1 is 0.276 bits per heavy atom. The highest BCUT2D eigenvalue weighted by molar-refractivity contribution is 7.22. The van der Waals surface area contributed by atoms with Gasteiger partial charge < -0.3 is 9.13 Å². The van der Waals surface area contributed by atoms with Gasteiger partial charge in [-0.3, -0.25) is 0 Å². The molecule has 0 aliphatic carbocycles. The quantitative estimate of drug-likeness (QED) is 0.101. The molecule has 0 saturated heterocycles. The standard InChI is InChI=1S/C72H50N2Si2/c1-6-23-54(24-7-1)75(55-25-8-2-9-26-55,56-27-10-3-11-28-56)59-45-43-53(44-46-59)73-66-37-20-17-35-63(66)72-68(73)38-22-39-69(72)74-65-36-19-16-33-60(65)64-49-51(42-48-67(64)74)52-41-47-62-61-34-18-21-40-70(61)76(71(62)50-52,57-29-12-4-13-30-57)58-31-14-5-15-32-58/h1-50H. The summed E-state index contributed by atoms with van der Waals surface area (Å²) in [5, 5.41) is 16.1. The first-order valence-corrected chi connectivity index (χ1v) is 30.4. The molecule has 4 heteroatoms. The maximum atomic E-state index is 2.54. The predicted molar refractivity (Wildman–Crippen MR) is 327 cm³/mol. The van der Waals surface area contributed by atoms with E-state index in [9.17, 15) is 0 Å². The summed E-state index contributed by atoms with van der Waals surface area (Å²) < 4.78 is 4.99. The first-order chi connectivity index (χ1) is 37.7. The maximum Gasteiger partial charge on any atom is 0.180 e. The van der Waals surface area contributed by atoms with Gasteiger partial charge in [-0.25, -0.2) is 0 Å². The summed E-state index contributed by atoms with van der Waals surface area (Å²) >= 11 is 0. The predicted octanol–water partition coefficient (Wildman–Crippen LogP) is 12.3. The van der Waals surface area contributed by atoms with Crippen LogP contribution in [-0.2, 0) is 0 Å². The summed E-state index contributed by atoms with van der Waals surface area (Å²) in [5.41, 5.74) is 12.2. The van der Waals surface area contributed by atoms with Crippen LogP contribution in [0.15, 0.2) is 303 Å². The van der Waals surface area contributed by atoms with Crippen LogP contribution in [0.25, 0.3) is 77.2 Å². The van der Waals surface area contributed by atoms with Gasteiger partial charge in [0.15, 0.2) is 16.1 Å². The molecule has 0 radical (unpaired) electrons. The molecule has 0 spiro atoms. The highest BCUT2D eigenvalue weighted by atomic mass is 28.3. The highest BCUT2D eigenvalue weighted by Gasteiger charge is 2.48. The number of nitrogens with zero attached hydrogens (tertiary/aromatic N) is 2. The molecular weight excluding hydrogens is 949 g/mol. The summed E-state index contributed by atoms with van der Waals surface area (Å²) in [6.07, 6.45) is 0. The van der Waals surface area contributed by atoms with Gasteiger partial charge in [-0.15, -0.1) is 0 Å². The van der Waals surface area contributed by atoms with Crippen LogP contribution in [0, 0.1) is 0 Å². The lowest BCUT2D eigenvalue weighted by atomic mass is 9.99. The van der Waals surface area contributed by atoms with E-state index in [-0.39, 0.29) is 0 Å². The zero-order valence-corrected chi connectivity index (χ0v) is 43.8. The molecule has 0 atom stereocenters. The third-order valence-electron chi connectivity index (χ3n) is 16.6. The van der Waals surface area contributed by atoms with Crippen LogP contribution in [0.4, 0.5) is 0 Å². The van der Waals surface area contributed by atoms with E-state index in [4.69, 9.17) is 0 Å². The molecule has 2 aromatic heterocycles. The fourth-order valence-corrected chi connectivity index (χ4v) is 23.4. The molecule has 1 aliphatic rings. The molecule has 0 unspecified atom stereocenters. The van der Waals surface area contributed by atoms with E-state index in [1.54, 1.807) is 0 Å². The smallest absolute Gasteiger partial charge is 0.180 e. The Labute approximate surface area is 444 Å². The third kappa shape index (κ3) is 6.45. The van der Waals surface area contributed by atoms with Crippen molar-refractivity contribution in [3.05, 3.63) is 303 Å². The normalized spacial score (nSPS) is 12.8. The average molecular weight is 999 g/mol. The third-order valence-corrected chi connectivity index (χ3v) is 26.2. The lowest BCUT2D eigenvalue weighted by Crippen LogP contribution is -2.74. The lowest BCUT2D eigenvalue weighted by Gasteiger charge is -2.34. The van der Waals surface area contributed by atoms with Crippen molar-refractivity contribution in [2.75, 3.05) is 0 Å². The summed E-state index contributed by atoms with van der Waals surface area (Å²) in [6, 6.07) is 114.